The second-order valence-corrected chi connectivity index (χ2v) is 9.21. The number of halogens is 3. The number of carbonyl (C=O) groups excluding carboxylic acids is 2. The van der Waals surface area contributed by atoms with Gasteiger partial charge in [0.1, 0.15) is 5.75 Å². The smallest absolute Gasteiger partial charge is 0.418 e. The lowest BCUT2D eigenvalue weighted by Gasteiger charge is -2.12. The highest BCUT2D eigenvalue weighted by molar-refractivity contribution is 5.98. The van der Waals surface area contributed by atoms with E-state index in [1.807, 2.05) is 36.4 Å². The lowest BCUT2D eigenvalue weighted by Crippen LogP contribution is -2.22. The number of amides is 2. The summed E-state index contributed by atoms with van der Waals surface area (Å²) < 4.78 is 45.2. The number of benzene rings is 3. The minimum atomic E-state index is -4.55. The summed E-state index contributed by atoms with van der Waals surface area (Å²) in [5.74, 6) is -0.0182. The summed E-state index contributed by atoms with van der Waals surface area (Å²) in [5, 5.41) is 5.95. The van der Waals surface area contributed by atoms with E-state index in [0.29, 0.717) is 29.6 Å². The number of carbonyl (C=O) groups is 2. The number of hydrogen-bond acceptors (Lipinski definition) is 4. The zero-order chi connectivity index (χ0) is 26.9. The third-order valence-corrected chi connectivity index (χ3v) is 6.67. The maximum Gasteiger partial charge on any atom is 0.418 e. The highest BCUT2D eigenvalue weighted by Gasteiger charge is 2.44. The Kier molecular flexibility index (Phi) is 6.75. The highest BCUT2D eigenvalue weighted by atomic mass is 19.4. The summed E-state index contributed by atoms with van der Waals surface area (Å²) in [6.07, 6.45) is -1.78. The van der Waals surface area contributed by atoms with Gasteiger partial charge >= 0.3 is 6.18 Å². The number of hydrogen-bond donors (Lipinski definition) is 2. The summed E-state index contributed by atoms with van der Waals surface area (Å²) in [5.41, 5.74) is 1.84. The number of nitrogens with zero attached hydrogens (tertiary/aromatic N) is 1. The molecule has 5 rings (SSSR count). The van der Waals surface area contributed by atoms with Crippen LogP contribution in [0.25, 0.3) is 10.8 Å². The number of alkyl halides is 3. The molecule has 0 radical (unpaired) electrons. The van der Waals surface area contributed by atoms with Gasteiger partial charge in [-0.2, -0.15) is 13.2 Å². The van der Waals surface area contributed by atoms with E-state index >= 15 is 0 Å². The van der Waals surface area contributed by atoms with Crippen molar-refractivity contribution in [2.75, 3.05) is 12.4 Å². The fourth-order valence-corrected chi connectivity index (χ4v) is 4.47. The molecule has 3 aromatic carbocycles. The van der Waals surface area contributed by atoms with Crippen molar-refractivity contribution in [3.05, 3.63) is 101 Å². The molecule has 0 bridgehead atoms. The first-order chi connectivity index (χ1) is 18.2. The molecule has 0 saturated heterocycles. The Morgan fingerprint density at radius 2 is 1.74 bits per heavy atom. The van der Waals surface area contributed by atoms with Crippen molar-refractivity contribution < 1.29 is 27.5 Å². The average Bonchev–Trinajstić information content (AvgIpc) is 3.72. The van der Waals surface area contributed by atoms with E-state index in [1.54, 1.807) is 25.3 Å². The van der Waals surface area contributed by atoms with Crippen LogP contribution in [-0.4, -0.2) is 23.9 Å². The topological polar surface area (TPSA) is 80.3 Å². The molecule has 1 heterocycles. The largest absolute Gasteiger partial charge is 0.497 e. The molecule has 2 N–H and O–H groups in total. The summed E-state index contributed by atoms with van der Waals surface area (Å²) in [6, 6.07) is 18.9. The zero-order valence-electron chi connectivity index (χ0n) is 20.4. The standard InChI is InChI=1S/C29H24F3N3O3/c1-38-22-10-2-17(3-11-22)14-34-27(36)19-6-4-18(5-7-19)23-13-25(23)28(37)35-21-9-8-20-15-33-16-26(24(20)12-21)29(30,31)32/h2-12,15-16,23,25H,13-14H2,1H3,(H,34,36)(H,35,37)/t23-,25+/m0/s1. The number of pyridine rings is 1. The molecular formula is C29H24F3N3O3. The maximum atomic E-state index is 13.4. The van der Waals surface area contributed by atoms with Crippen molar-refractivity contribution in [3.63, 3.8) is 0 Å². The van der Waals surface area contributed by atoms with Gasteiger partial charge in [-0.3, -0.25) is 14.6 Å². The predicted octanol–water partition coefficient (Wildman–Crippen LogP) is 5.93. The number of aromatic nitrogens is 1. The van der Waals surface area contributed by atoms with Gasteiger partial charge in [0.2, 0.25) is 5.91 Å². The van der Waals surface area contributed by atoms with E-state index in [-0.39, 0.29) is 29.0 Å². The van der Waals surface area contributed by atoms with Gasteiger partial charge in [0.25, 0.3) is 5.91 Å². The van der Waals surface area contributed by atoms with Gasteiger partial charge in [0, 0.05) is 41.5 Å². The Balaban J connectivity index is 1.18. The van der Waals surface area contributed by atoms with Crippen molar-refractivity contribution in [3.8, 4) is 5.75 Å². The van der Waals surface area contributed by atoms with Gasteiger partial charge in [0.05, 0.1) is 12.7 Å². The molecule has 0 aliphatic heterocycles. The van der Waals surface area contributed by atoms with E-state index in [1.165, 1.54) is 18.3 Å². The number of methoxy groups -OCH3 is 1. The minimum absolute atomic E-state index is 0.0122. The minimum Gasteiger partial charge on any atom is -0.497 e. The monoisotopic (exact) mass is 519 g/mol. The number of fused-ring (bicyclic) bond motifs is 1. The Morgan fingerprint density at radius 1 is 1.00 bits per heavy atom. The van der Waals surface area contributed by atoms with Gasteiger partial charge in [-0.25, -0.2) is 0 Å². The molecule has 194 valence electrons. The van der Waals surface area contributed by atoms with Crippen molar-refractivity contribution in [1.29, 1.82) is 0 Å². The average molecular weight is 520 g/mol. The Labute approximate surface area is 216 Å². The number of ether oxygens (including phenoxy) is 1. The molecule has 38 heavy (non-hydrogen) atoms. The molecular weight excluding hydrogens is 495 g/mol. The summed E-state index contributed by atoms with van der Waals surface area (Å²) in [7, 11) is 1.59. The SMILES string of the molecule is COc1ccc(CNC(=O)c2ccc([C@@H]3C[C@H]3C(=O)Nc3ccc4cncc(C(F)(F)F)c4c3)cc2)cc1. The molecule has 2 amide bonds. The molecule has 1 saturated carbocycles. The molecule has 1 aromatic heterocycles. The number of nitrogens with one attached hydrogen (secondary N) is 2. The van der Waals surface area contributed by atoms with Crippen molar-refractivity contribution >= 4 is 28.3 Å². The second-order valence-electron chi connectivity index (χ2n) is 9.21. The second kappa shape index (κ2) is 10.2. The third kappa shape index (κ3) is 5.46. The van der Waals surface area contributed by atoms with Crippen molar-refractivity contribution in [1.82, 2.24) is 10.3 Å². The van der Waals surface area contributed by atoms with Crippen molar-refractivity contribution in [2.24, 2.45) is 5.92 Å². The molecule has 4 aromatic rings. The highest BCUT2D eigenvalue weighted by Crippen LogP contribution is 2.48. The molecule has 0 spiro atoms. The van der Waals surface area contributed by atoms with Gasteiger partial charge in [0.15, 0.2) is 0 Å². The van der Waals surface area contributed by atoms with Gasteiger partial charge in [-0.1, -0.05) is 30.3 Å². The Bertz CT molecular complexity index is 1490. The van der Waals surface area contributed by atoms with Crippen LogP contribution >= 0.6 is 0 Å². The Hall–Kier alpha value is -4.40. The first-order valence-electron chi connectivity index (χ1n) is 12.0. The van der Waals surface area contributed by atoms with E-state index < -0.39 is 11.7 Å². The molecule has 1 aliphatic carbocycles. The molecule has 1 aliphatic rings. The maximum absolute atomic E-state index is 13.4. The van der Waals surface area contributed by atoms with Crippen LogP contribution in [0.3, 0.4) is 0 Å². The molecule has 0 unspecified atom stereocenters. The first kappa shape index (κ1) is 25.3. The summed E-state index contributed by atoms with van der Waals surface area (Å²) in [6.45, 7) is 0.380. The van der Waals surface area contributed by atoms with E-state index in [0.717, 1.165) is 23.1 Å². The summed E-state index contributed by atoms with van der Waals surface area (Å²) in [4.78, 5) is 29.0. The van der Waals surface area contributed by atoms with Crippen LogP contribution < -0.4 is 15.4 Å². The van der Waals surface area contributed by atoms with Crippen molar-refractivity contribution in [2.45, 2.75) is 25.1 Å². The number of rotatable bonds is 7. The van der Waals surface area contributed by atoms with E-state index in [9.17, 15) is 22.8 Å². The van der Waals surface area contributed by atoms with Crippen LogP contribution in [0.2, 0.25) is 0 Å². The van der Waals surface area contributed by atoms with Crippen LogP contribution in [-0.2, 0) is 17.5 Å². The normalized spacial score (nSPS) is 16.6. The molecule has 1 fully saturated rings. The fraction of sp³-hybridized carbons (Fsp3) is 0.207. The lowest BCUT2D eigenvalue weighted by molar-refractivity contribution is -0.136. The lowest BCUT2D eigenvalue weighted by atomic mass is 10.1. The molecule has 2 atom stereocenters. The third-order valence-electron chi connectivity index (χ3n) is 6.67. The van der Waals surface area contributed by atoms with E-state index in [2.05, 4.69) is 15.6 Å². The number of anilines is 1. The summed E-state index contributed by atoms with van der Waals surface area (Å²) >= 11 is 0. The van der Waals surface area contributed by atoms with Crippen LogP contribution in [0, 0.1) is 5.92 Å². The van der Waals surface area contributed by atoms with Crippen LogP contribution in [0.4, 0.5) is 18.9 Å². The fourth-order valence-electron chi connectivity index (χ4n) is 4.47. The first-order valence-corrected chi connectivity index (χ1v) is 12.0. The molecule has 9 heteroatoms. The van der Waals surface area contributed by atoms with Crippen LogP contribution in [0.5, 0.6) is 5.75 Å². The quantitative estimate of drug-likeness (QED) is 0.317. The van der Waals surface area contributed by atoms with Gasteiger partial charge in [-0.15, -0.1) is 0 Å². The molecule has 6 nitrogen and oxygen atoms in total. The van der Waals surface area contributed by atoms with Crippen LogP contribution in [0.15, 0.2) is 79.1 Å². The van der Waals surface area contributed by atoms with Gasteiger partial charge in [-0.05, 0) is 65.3 Å². The van der Waals surface area contributed by atoms with Crippen LogP contribution in [0.1, 0.15) is 39.4 Å². The zero-order valence-corrected chi connectivity index (χ0v) is 20.4. The predicted molar refractivity (Wildman–Crippen MR) is 137 cm³/mol. The Morgan fingerprint density at radius 3 is 2.42 bits per heavy atom. The van der Waals surface area contributed by atoms with E-state index in [4.69, 9.17) is 4.74 Å². The van der Waals surface area contributed by atoms with Gasteiger partial charge < -0.3 is 15.4 Å².